The molecular weight excluding hydrogens is 252 g/mol. The van der Waals surface area contributed by atoms with Crippen molar-refractivity contribution >= 4 is 0 Å². The average molecular weight is 276 g/mol. The van der Waals surface area contributed by atoms with Gasteiger partial charge in [0, 0.05) is 39.3 Å². The van der Waals surface area contributed by atoms with E-state index in [0.717, 1.165) is 59.1 Å². The molecule has 110 valence electrons. The van der Waals surface area contributed by atoms with Gasteiger partial charge >= 0.3 is 0 Å². The first-order valence-electron chi connectivity index (χ1n) is 7.58. The molecule has 0 spiro atoms. The minimum Gasteiger partial charge on any atom is -0.376 e. The maximum absolute atomic E-state index is 5.72. The Balaban J connectivity index is 1.40. The Morgan fingerprint density at radius 2 is 1.70 bits per heavy atom. The number of benzene rings is 1. The summed E-state index contributed by atoms with van der Waals surface area (Å²) >= 11 is 0. The molecule has 0 aliphatic carbocycles. The van der Waals surface area contributed by atoms with Crippen LogP contribution in [0, 0.1) is 0 Å². The summed E-state index contributed by atoms with van der Waals surface area (Å²) in [6.07, 6.45) is 0.268. The summed E-state index contributed by atoms with van der Waals surface area (Å²) in [7, 11) is 0. The zero-order valence-electron chi connectivity index (χ0n) is 12.0. The summed E-state index contributed by atoms with van der Waals surface area (Å²) in [6.45, 7) is 8.88. The summed E-state index contributed by atoms with van der Waals surface area (Å²) in [5.74, 6) is 0. The fraction of sp³-hybridized carbons (Fsp3) is 0.625. The van der Waals surface area contributed by atoms with E-state index >= 15 is 0 Å². The number of rotatable bonds is 4. The number of ether oxygens (including phenoxy) is 2. The van der Waals surface area contributed by atoms with Gasteiger partial charge in [-0.05, 0) is 5.56 Å². The predicted molar refractivity (Wildman–Crippen MR) is 78.7 cm³/mol. The molecule has 2 fully saturated rings. The molecule has 3 rings (SSSR count). The molecule has 2 heterocycles. The predicted octanol–water partition coefficient (Wildman–Crippen LogP) is 1.22. The highest BCUT2D eigenvalue weighted by Crippen LogP contribution is 2.10. The van der Waals surface area contributed by atoms with Gasteiger partial charge in [0.15, 0.2) is 0 Å². The average Bonchev–Trinajstić information content (AvgIpc) is 2.51. The zero-order chi connectivity index (χ0) is 13.6. The van der Waals surface area contributed by atoms with E-state index in [1.165, 1.54) is 5.56 Å². The van der Waals surface area contributed by atoms with Crippen molar-refractivity contribution in [2.45, 2.75) is 12.6 Å². The van der Waals surface area contributed by atoms with Gasteiger partial charge in [0.25, 0.3) is 0 Å². The summed E-state index contributed by atoms with van der Waals surface area (Å²) in [5.41, 5.74) is 1.41. The van der Waals surface area contributed by atoms with Crippen LogP contribution in [0.3, 0.4) is 0 Å². The number of nitrogens with zero attached hydrogens (tertiary/aromatic N) is 2. The van der Waals surface area contributed by atoms with Crippen molar-refractivity contribution in [2.75, 3.05) is 52.5 Å². The van der Waals surface area contributed by atoms with Crippen molar-refractivity contribution in [3.8, 4) is 0 Å². The van der Waals surface area contributed by atoms with E-state index in [1.807, 2.05) is 0 Å². The standard InChI is InChI=1S/C16H24N2O2/c1-2-4-15(5-3-1)12-17-6-8-18(9-7-17)13-16-14-19-10-11-20-16/h1-5,16H,6-14H2/t16-/m0/s1. The minimum absolute atomic E-state index is 0.268. The highest BCUT2D eigenvalue weighted by Gasteiger charge is 2.22. The van der Waals surface area contributed by atoms with Crippen LogP contribution < -0.4 is 0 Å². The Morgan fingerprint density at radius 3 is 2.40 bits per heavy atom. The van der Waals surface area contributed by atoms with Crippen molar-refractivity contribution in [3.63, 3.8) is 0 Å². The maximum atomic E-state index is 5.72. The summed E-state index contributed by atoms with van der Waals surface area (Å²) < 4.78 is 11.2. The highest BCUT2D eigenvalue weighted by molar-refractivity contribution is 5.14. The van der Waals surface area contributed by atoms with Crippen LogP contribution in [0.1, 0.15) is 5.56 Å². The molecule has 0 bridgehead atoms. The molecular formula is C16H24N2O2. The second kappa shape index (κ2) is 7.18. The SMILES string of the molecule is c1ccc(CN2CCN(C[C@H]3COCCO3)CC2)cc1. The second-order valence-corrected chi connectivity index (χ2v) is 5.63. The molecule has 4 nitrogen and oxygen atoms in total. The molecule has 2 aliphatic heterocycles. The molecule has 2 aliphatic rings. The molecule has 4 heteroatoms. The Bertz CT molecular complexity index is 385. The fourth-order valence-electron chi connectivity index (χ4n) is 2.90. The molecule has 0 N–H and O–H groups in total. The quantitative estimate of drug-likeness (QED) is 0.825. The Hall–Kier alpha value is -0.940. The number of hydrogen-bond acceptors (Lipinski definition) is 4. The highest BCUT2D eigenvalue weighted by atomic mass is 16.6. The zero-order valence-corrected chi connectivity index (χ0v) is 12.0. The molecule has 0 radical (unpaired) electrons. The third-order valence-electron chi connectivity index (χ3n) is 4.06. The topological polar surface area (TPSA) is 24.9 Å². The van der Waals surface area contributed by atoms with Crippen LogP contribution in [-0.4, -0.2) is 68.4 Å². The molecule has 0 saturated carbocycles. The van der Waals surface area contributed by atoms with Crippen LogP contribution in [0.15, 0.2) is 30.3 Å². The lowest BCUT2D eigenvalue weighted by Crippen LogP contribution is -2.49. The first-order chi connectivity index (χ1) is 9.90. The van der Waals surface area contributed by atoms with Crippen molar-refractivity contribution in [1.82, 2.24) is 9.80 Å². The Kier molecular flexibility index (Phi) is 5.03. The smallest absolute Gasteiger partial charge is 0.0936 e. The first-order valence-corrected chi connectivity index (χ1v) is 7.58. The van der Waals surface area contributed by atoms with Crippen molar-refractivity contribution in [3.05, 3.63) is 35.9 Å². The number of piperazine rings is 1. The third kappa shape index (κ3) is 4.03. The minimum atomic E-state index is 0.268. The molecule has 1 aromatic rings. The van der Waals surface area contributed by atoms with Gasteiger partial charge in [0.05, 0.1) is 25.9 Å². The molecule has 2 saturated heterocycles. The van der Waals surface area contributed by atoms with Crippen LogP contribution in [0.5, 0.6) is 0 Å². The second-order valence-electron chi connectivity index (χ2n) is 5.63. The normalized spacial score (nSPS) is 25.7. The lowest BCUT2D eigenvalue weighted by Gasteiger charge is -2.37. The van der Waals surface area contributed by atoms with E-state index in [9.17, 15) is 0 Å². The maximum Gasteiger partial charge on any atom is 0.0936 e. The van der Waals surface area contributed by atoms with E-state index in [0.29, 0.717) is 0 Å². The van der Waals surface area contributed by atoms with Gasteiger partial charge in [-0.2, -0.15) is 0 Å². The van der Waals surface area contributed by atoms with E-state index in [-0.39, 0.29) is 6.10 Å². The molecule has 0 aromatic heterocycles. The summed E-state index contributed by atoms with van der Waals surface area (Å²) in [4.78, 5) is 5.03. The van der Waals surface area contributed by atoms with E-state index in [1.54, 1.807) is 0 Å². The number of hydrogen-bond donors (Lipinski definition) is 0. The lowest BCUT2D eigenvalue weighted by molar-refractivity contribution is -0.1000. The van der Waals surface area contributed by atoms with Gasteiger partial charge in [0.2, 0.25) is 0 Å². The van der Waals surface area contributed by atoms with Gasteiger partial charge in [-0.3, -0.25) is 9.80 Å². The monoisotopic (exact) mass is 276 g/mol. The van der Waals surface area contributed by atoms with Gasteiger partial charge in [-0.25, -0.2) is 0 Å². The summed E-state index contributed by atoms with van der Waals surface area (Å²) in [6, 6.07) is 10.7. The lowest BCUT2D eigenvalue weighted by atomic mass is 10.2. The van der Waals surface area contributed by atoms with Crippen molar-refractivity contribution < 1.29 is 9.47 Å². The molecule has 0 amide bonds. The Labute approximate surface area is 121 Å². The fourth-order valence-corrected chi connectivity index (χ4v) is 2.90. The van der Waals surface area contributed by atoms with Crippen LogP contribution >= 0.6 is 0 Å². The van der Waals surface area contributed by atoms with Gasteiger partial charge < -0.3 is 9.47 Å². The van der Waals surface area contributed by atoms with Crippen molar-refractivity contribution in [2.24, 2.45) is 0 Å². The van der Waals surface area contributed by atoms with E-state index in [2.05, 4.69) is 40.1 Å². The van der Waals surface area contributed by atoms with Gasteiger partial charge in [-0.1, -0.05) is 30.3 Å². The van der Waals surface area contributed by atoms with Gasteiger partial charge in [0.1, 0.15) is 0 Å². The van der Waals surface area contributed by atoms with Crippen LogP contribution in [-0.2, 0) is 16.0 Å². The molecule has 0 unspecified atom stereocenters. The van der Waals surface area contributed by atoms with Crippen LogP contribution in [0.4, 0.5) is 0 Å². The van der Waals surface area contributed by atoms with E-state index in [4.69, 9.17) is 9.47 Å². The van der Waals surface area contributed by atoms with Gasteiger partial charge in [-0.15, -0.1) is 0 Å². The Morgan fingerprint density at radius 1 is 0.950 bits per heavy atom. The largest absolute Gasteiger partial charge is 0.376 e. The summed E-state index contributed by atoms with van der Waals surface area (Å²) in [5, 5.41) is 0. The molecule has 1 aromatic carbocycles. The molecule has 1 atom stereocenters. The van der Waals surface area contributed by atoms with E-state index < -0.39 is 0 Å². The van der Waals surface area contributed by atoms with Crippen molar-refractivity contribution in [1.29, 1.82) is 0 Å². The third-order valence-corrected chi connectivity index (χ3v) is 4.06. The molecule has 20 heavy (non-hydrogen) atoms. The first kappa shape index (κ1) is 14.0. The van der Waals surface area contributed by atoms with Crippen LogP contribution in [0.2, 0.25) is 0 Å². The van der Waals surface area contributed by atoms with Crippen LogP contribution in [0.25, 0.3) is 0 Å².